The second kappa shape index (κ2) is 6.58. The minimum atomic E-state index is 0.342. The zero-order valence-electron chi connectivity index (χ0n) is 14.8. The van der Waals surface area contributed by atoms with E-state index in [-0.39, 0.29) is 0 Å². The van der Waals surface area contributed by atoms with Crippen LogP contribution in [0.1, 0.15) is 25.1 Å². The van der Waals surface area contributed by atoms with Crippen molar-refractivity contribution in [1.82, 2.24) is 9.97 Å². The number of rotatable bonds is 2. The smallest absolute Gasteiger partial charge is 0.225 e. The van der Waals surface area contributed by atoms with Crippen LogP contribution in [0, 0.1) is 18.8 Å². The Labute approximate surface area is 157 Å². The summed E-state index contributed by atoms with van der Waals surface area (Å²) in [6.45, 7) is 8.85. The quantitative estimate of drug-likeness (QED) is 0.533. The lowest BCUT2D eigenvalue weighted by Gasteiger charge is -2.36. The van der Waals surface area contributed by atoms with Gasteiger partial charge in [-0.2, -0.15) is 4.98 Å². The predicted molar refractivity (Wildman–Crippen MR) is 108 cm³/mol. The highest BCUT2D eigenvalue weighted by atomic mass is 35.5. The Morgan fingerprint density at radius 1 is 1.08 bits per heavy atom. The molecule has 2 unspecified atom stereocenters. The molecule has 0 bridgehead atoms. The van der Waals surface area contributed by atoms with E-state index < -0.39 is 0 Å². The number of anilines is 1. The number of thiophene rings is 1. The first kappa shape index (κ1) is 16.8. The van der Waals surface area contributed by atoms with E-state index in [4.69, 9.17) is 11.6 Å². The van der Waals surface area contributed by atoms with Gasteiger partial charge in [0.05, 0.1) is 5.39 Å². The van der Waals surface area contributed by atoms with Crippen LogP contribution >= 0.6 is 22.9 Å². The zero-order valence-corrected chi connectivity index (χ0v) is 16.4. The molecule has 3 nitrogen and oxygen atoms in total. The molecule has 1 aliphatic rings. The molecule has 0 aliphatic carbocycles. The lowest BCUT2D eigenvalue weighted by atomic mass is 9.91. The fourth-order valence-electron chi connectivity index (χ4n) is 4.09. The van der Waals surface area contributed by atoms with E-state index in [2.05, 4.69) is 66.0 Å². The molecule has 1 aromatic carbocycles. The van der Waals surface area contributed by atoms with Gasteiger partial charge in [0, 0.05) is 23.5 Å². The summed E-state index contributed by atoms with van der Waals surface area (Å²) in [5.74, 6) is 2.32. The highest BCUT2D eigenvalue weighted by Crippen LogP contribution is 2.43. The second-order valence-corrected chi connectivity index (χ2v) is 8.79. The van der Waals surface area contributed by atoms with Crippen LogP contribution in [0.2, 0.25) is 5.28 Å². The molecule has 0 amide bonds. The Morgan fingerprint density at radius 2 is 1.76 bits per heavy atom. The number of benzene rings is 1. The molecule has 3 aromatic rings. The molecule has 2 aromatic heterocycles. The van der Waals surface area contributed by atoms with E-state index in [9.17, 15) is 0 Å². The maximum atomic E-state index is 6.28. The van der Waals surface area contributed by atoms with E-state index in [1.54, 1.807) is 11.3 Å². The second-order valence-electron chi connectivity index (χ2n) is 7.25. The molecule has 5 heteroatoms. The van der Waals surface area contributed by atoms with Crippen molar-refractivity contribution < 1.29 is 0 Å². The van der Waals surface area contributed by atoms with Gasteiger partial charge in [0.2, 0.25) is 5.28 Å². The Kier molecular flexibility index (Phi) is 4.42. The van der Waals surface area contributed by atoms with E-state index in [1.165, 1.54) is 22.4 Å². The van der Waals surface area contributed by atoms with Gasteiger partial charge in [0.25, 0.3) is 0 Å². The fourth-order valence-corrected chi connectivity index (χ4v) is 5.34. The Balaban J connectivity index is 1.94. The van der Waals surface area contributed by atoms with Crippen molar-refractivity contribution in [3.63, 3.8) is 0 Å². The monoisotopic (exact) mass is 371 g/mol. The fraction of sp³-hybridized carbons (Fsp3) is 0.400. The number of piperidine rings is 1. The standard InChI is InChI=1S/C20H22ClN3S/c1-12-9-13(2)11-24(10-12)18-17-16(15-7-5-4-6-8-15)14(3)25-19(17)23-20(21)22-18/h4-8,12-13H,9-11H2,1-3H3. The third-order valence-electron chi connectivity index (χ3n) is 4.91. The minimum absolute atomic E-state index is 0.342. The number of halogens is 1. The summed E-state index contributed by atoms with van der Waals surface area (Å²) in [5.41, 5.74) is 2.47. The number of aryl methyl sites for hydroxylation is 1. The molecule has 2 atom stereocenters. The molecular formula is C20H22ClN3S. The van der Waals surface area contributed by atoms with Gasteiger partial charge in [-0.25, -0.2) is 4.98 Å². The average Bonchev–Trinajstić information content (AvgIpc) is 2.89. The summed E-state index contributed by atoms with van der Waals surface area (Å²) in [6, 6.07) is 10.5. The van der Waals surface area contributed by atoms with Gasteiger partial charge < -0.3 is 4.90 Å². The van der Waals surface area contributed by atoms with Gasteiger partial charge in [-0.05, 0) is 42.3 Å². The van der Waals surface area contributed by atoms with E-state index in [1.807, 2.05) is 0 Å². The summed E-state index contributed by atoms with van der Waals surface area (Å²) in [5, 5.41) is 1.49. The molecule has 3 heterocycles. The van der Waals surface area contributed by atoms with Crippen molar-refractivity contribution in [2.24, 2.45) is 11.8 Å². The largest absolute Gasteiger partial charge is 0.355 e. The topological polar surface area (TPSA) is 29.0 Å². The van der Waals surface area contributed by atoms with Crippen molar-refractivity contribution in [2.75, 3.05) is 18.0 Å². The maximum absolute atomic E-state index is 6.28. The summed E-state index contributed by atoms with van der Waals surface area (Å²) >= 11 is 7.99. The minimum Gasteiger partial charge on any atom is -0.355 e. The van der Waals surface area contributed by atoms with E-state index in [0.29, 0.717) is 17.1 Å². The SMILES string of the molecule is Cc1sc2nc(Cl)nc(N3CC(C)CC(C)C3)c2c1-c1ccccc1. The predicted octanol–water partition coefficient (Wildman–Crippen LogP) is 5.80. The number of aromatic nitrogens is 2. The number of hydrogen-bond acceptors (Lipinski definition) is 4. The van der Waals surface area contributed by atoms with Crippen LogP contribution in [-0.2, 0) is 0 Å². The van der Waals surface area contributed by atoms with Crippen molar-refractivity contribution in [3.05, 3.63) is 40.5 Å². The average molecular weight is 372 g/mol. The Bertz CT molecular complexity index is 896. The van der Waals surface area contributed by atoms with E-state index in [0.717, 1.165) is 29.1 Å². The summed E-state index contributed by atoms with van der Waals surface area (Å²) in [6.07, 6.45) is 1.27. The van der Waals surface area contributed by atoms with Crippen LogP contribution in [0.4, 0.5) is 5.82 Å². The normalized spacial score (nSPS) is 21.0. The number of nitrogens with zero attached hydrogens (tertiary/aromatic N) is 3. The maximum Gasteiger partial charge on any atom is 0.225 e. The van der Waals surface area contributed by atoms with Crippen molar-refractivity contribution in [3.8, 4) is 11.1 Å². The van der Waals surface area contributed by atoms with Gasteiger partial charge in [-0.15, -0.1) is 11.3 Å². The van der Waals surface area contributed by atoms with Crippen LogP contribution < -0.4 is 4.90 Å². The van der Waals surface area contributed by atoms with Crippen LogP contribution in [-0.4, -0.2) is 23.1 Å². The molecule has 4 rings (SSSR count). The lowest BCUT2D eigenvalue weighted by Crippen LogP contribution is -2.39. The highest BCUT2D eigenvalue weighted by molar-refractivity contribution is 7.19. The summed E-state index contributed by atoms with van der Waals surface area (Å²) in [4.78, 5) is 13.9. The summed E-state index contributed by atoms with van der Waals surface area (Å²) in [7, 11) is 0. The molecule has 0 spiro atoms. The molecule has 0 saturated carbocycles. The van der Waals surface area contributed by atoms with E-state index >= 15 is 0 Å². The van der Waals surface area contributed by atoms with Gasteiger partial charge in [-0.1, -0.05) is 44.2 Å². The molecule has 0 N–H and O–H groups in total. The Morgan fingerprint density at radius 3 is 2.44 bits per heavy atom. The summed E-state index contributed by atoms with van der Waals surface area (Å²) < 4.78 is 0. The zero-order chi connectivity index (χ0) is 17.6. The molecule has 1 fully saturated rings. The number of fused-ring (bicyclic) bond motifs is 1. The first-order chi connectivity index (χ1) is 12.0. The first-order valence-electron chi connectivity index (χ1n) is 8.80. The van der Waals surface area contributed by atoms with Crippen molar-refractivity contribution in [2.45, 2.75) is 27.2 Å². The van der Waals surface area contributed by atoms with Crippen molar-refractivity contribution >= 4 is 39.0 Å². The molecule has 1 saturated heterocycles. The number of hydrogen-bond donors (Lipinski definition) is 0. The van der Waals surface area contributed by atoms with Crippen LogP contribution in [0.15, 0.2) is 30.3 Å². The van der Waals surface area contributed by atoms with Gasteiger partial charge in [0.15, 0.2) is 0 Å². The molecule has 130 valence electrons. The molecule has 1 aliphatic heterocycles. The third-order valence-corrected chi connectivity index (χ3v) is 6.08. The van der Waals surface area contributed by atoms with Crippen molar-refractivity contribution in [1.29, 1.82) is 0 Å². The van der Waals surface area contributed by atoms with Crippen LogP contribution in [0.3, 0.4) is 0 Å². The molecule has 25 heavy (non-hydrogen) atoms. The highest BCUT2D eigenvalue weighted by Gasteiger charge is 2.27. The molecule has 0 radical (unpaired) electrons. The first-order valence-corrected chi connectivity index (χ1v) is 9.99. The van der Waals surface area contributed by atoms with Gasteiger partial charge in [-0.3, -0.25) is 0 Å². The molecular weight excluding hydrogens is 350 g/mol. The van der Waals surface area contributed by atoms with Crippen LogP contribution in [0.25, 0.3) is 21.3 Å². The van der Waals surface area contributed by atoms with Gasteiger partial charge >= 0.3 is 0 Å². The lowest BCUT2D eigenvalue weighted by molar-refractivity contribution is 0.356. The van der Waals surface area contributed by atoms with Crippen LogP contribution in [0.5, 0.6) is 0 Å². The van der Waals surface area contributed by atoms with Gasteiger partial charge in [0.1, 0.15) is 10.6 Å². The third kappa shape index (κ3) is 3.13. The Hall–Kier alpha value is -1.65.